The number of rotatable bonds is 7. The number of amides is 1. The van der Waals surface area contributed by atoms with Gasteiger partial charge in [-0.1, -0.05) is 31.4 Å². The second-order valence-corrected chi connectivity index (χ2v) is 6.25. The van der Waals surface area contributed by atoms with Crippen molar-refractivity contribution in [1.29, 1.82) is 0 Å². The minimum absolute atomic E-state index is 0.0379. The second kappa shape index (κ2) is 9.45. The summed E-state index contributed by atoms with van der Waals surface area (Å²) in [5, 5.41) is 2.85. The van der Waals surface area contributed by atoms with Gasteiger partial charge in [-0.25, -0.2) is 0 Å². The number of hydrogen-bond acceptors (Lipinski definition) is 4. The Bertz CT molecular complexity index is 595. The van der Waals surface area contributed by atoms with Gasteiger partial charge in [-0.2, -0.15) is 0 Å². The summed E-state index contributed by atoms with van der Waals surface area (Å²) in [6.45, 7) is -0.312. The summed E-state index contributed by atoms with van der Waals surface area (Å²) in [5.41, 5.74) is 0.670. The Morgan fingerprint density at radius 2 is 1.73 bits per heavy atom. The largest absolute Gasteiger partial charge is 0.573 e. The Morgan fingerprint density at radius 3 is 2.35 bits per heavy atom. The van der Waals surface area contributed by atoms with Gasteiger partial charge in [0.25, 0.3) is 5.91 Å². The van der Waals surface area contributed by atoms with Gasteiger partial charge in [-0.15, -0.1) is 13.2 Å². The fourth-order valence-corrected chi connectivity index (χ4v) is 2.84. The van der Waals surface area contributed by atoms with Gasteiger partial charge in [-0.05, 0) is 37.0 Å². The Balaban J connectivity index is 1.65. The number of alkyl halides is 3. The van der Waals surface area contributed by atoms with Crippen molar-refractivity contribution >= 4 is 11.9 Å². The van der Waals surface area contributed by atoms with Crippen LogP contribution in [0.5, 0.6) is 5.75 Å². The number of nitrogens with one attached hydrogen (secondary N) is 1. The zero-order valence-corrected chi connectivity index (χ0v) is 14.3. The first-order valence-corrected chi connectivity index (χ1v) is 8.61. The van der Waals surface area contributed by atoms with Crippen LogP contribution in [0.2, 0.25) is 0 Å². The molecule has 1 amide bonds. The average Bonchev–Trinajstić information content (AvgIpc) is 2.59. The molecule has 0 spiro atoms. The standard InChI is InChI=1S/C18H22F3NO4/c19-18(20,21)26-15-9-6-13(7-10-15)8-11-17(24)25-12-16(23)22-14-4-2-1-3-5-14/h6-7,9-10,14H,1-5,8,11-12H2,(H,22,23). The molecule has 1 aromatic carbocycles. The summed E-state index contributed by atoms with van der Waals surface area (Å²) in [7, 11) is 0. The van der Waals surface area contributed by atoms with E-state index in [1.807, 2.05) is 0 Å². The van der Waals surface area contributed by atoms with Crippen LogP contribution in [-0.2, 0) is 20.7 Å². The highest BCUT2D eigenvalue weighted by molar-refractivity contribution is 5.80. The first-order valence-electron chi connectivity index (χ1n) is 8.61. The molecule has 2 rings (SSSR count). The quantitative estimate of drug-likeness (QED) is 0.743. The lowest BCUT2D eigenvalue weighted by atomic mass is 9.95. The van der Waals surface area contributed by atoms with Gasteiger partial charge in [0.15, 0.2) is 6.61 Å². The van der Waals surface area contributed by atoms with Gasteiger partial charge >= 0.3 is 12.3 Å². The second-order valence-electron chi connectivity index (χ2n) is 6.25. The maximum Gasteiger partial charge on any atom is 0.573 e. The fourth-order valence-electron chi connectivity index (χ4n) is 2.84. The van der Waals surface area contributed by atoms with Crippen molar-refractivity contribution in [1.82, 2.24) is 5.32 Å². The summed E-state index contributed by atoms with van der Waals surface area (Å²) in [6, 6.07) is 5.43. The van der Waals surface area contributed by atoms with Crippen molar-refractivity contribution in [3.05, 3.63) is 29.8 Å². The molecular formula is C18H22F3NO4. The third kappa shape index (κ3) is 7.76. The lowest BCUT2D eigenvalue weighted by molar-refractivity contribution is -0.274. The smallest absolute Gasteiger partial charge is 0.456 e. The van der Waals surface area contributed by atoms with Crippen LogP contribution in [0.1, 0.15) is 44.1 Å². The molecule has 26 heavy (non-hydrogen) atoms. The van der Waals surface area contributed by atoms with Crippen LogP contribution in [0.3, 0.4) is 0 Å². The lowest BCUT2D eigenvalue weighted by Gasteiger charge is -2.22. The average molecular weight is 373 g/mol. The van der Waals surface area contributed by atoms with Crippen molar-refractivity contribution in [2.45, 2.75) is 57.3 Å². The molecule has 1 aliphatic rings. The Kier molecular flexibility index (Phi) is 7.29. The highest BCUT2D eigenvalue weighted by Crippen LogP contribution is 2.23. The molecule has 0 unspecified atom stereocenters. The number of carbonyl (C=O) groups excluding carboxylic acids is 2. The number of ether oxygens (including phenoxy) is 2. The highest BCUT2D eigenvalue weighted by Gasteiger charge is 2.30. The monoisotopic (exact) mass is 373 g/mol. The molecular weight excluding hydrogens is 351 g/mol. The molecule has 0 aliphatic heterocycles. The van der Waals surface area contributed by atoms with E-state index in [4.69, 9.17) is 4.74 Å². The van der Waals surface area contributed by atoms with Gasteiger partial charge in [0, 0.05) is 12.5 Å². The van der Waals surface area contributed by atoms with E-state index in [1.54, 1.807) is 0 Å². The van der Waals surface area contributed by atoms with E-state index in [9.17, 15) is 22.8 Å². The number of esters is 1. The molecule has 5 nitrogen and oxygen atoms in total. The molecule has 8 heteroatoms. The first kappa shape index (κ1) is 20.1. The topological polar surface area (TPSA) is 64.6 Å². The van der Waals surface area contributed by atoms with Gasteiger partial charge in [0.05, 0.1) is 0 Å². The zero-order chi connectivity index (χ0) is 19.0. The summed E-state index contributed by atoms with van der Waals surface area (Å²) in [6.07, 6.45) is 0.885. The number of benzene rings is 1. The SMILES string of the molecule is O=C(COC(=O)CCc1ccc(OC(F)(F)F)cc1)NC1CCCCC1. The fraction of sp³-hybridized carbons (Fsp3) is 0.556. The van der Waals surface area contributed by atoms with Crippen LogP contribution in [0, 0.1) is 0 Å². The third-order valence-electron chi connectivity index (χ3n) is 4.11. The molecule has 1 aromatic rings. The maximum absolute atomic E-state index is 12.1. The van der Waals surface area contributed by atoms with E-state index in [-0.39, 0.29) is 30.7 Å². The van der Waals surface area contributed by atoms with Crippen molar-refractivity contribution in [2.24, 2.45) is 0 Å². The molecule has 0 heterocycles. The van der Waals surface area contributed by atoms with E-state index in [0.717, 1.165) is 25.7 Å². The normalized spacial score (nSPS) is 15.3. The van der Waals surface area contributed by atoms with Gasteiger partial charge in [-0.3, -0.25) is 9.59 Å². The molecule has 0 aromatic heterocycles. The summed E-state index contributed by atoms with van der Waals surface area (Å²) in [5.74, 6) is -1.15. The van der Waals surface area contributed by atoms with E-state index in [1.165, 1.54) is 30.7 Å². The van der Waals surface area contributed by atoms with Crippen molar-refractivity contribution < 1.29 is 32.2 Å². The molecule has 1 saturated carbocycles. The predicted molar refractivity (Wildman–Crippen MR) is 87.4 cm³/mol. The maximum atomic E-state index is 12.1. The zero-order valence-electron chi connectivity index (χ0n) is 14.3. The van der Waals surface area contributed by atoms with Gasteiger partial charge < -0.3 is 14.8 Å². The lowest BCUT2D eigenvalue weighted by Crippen LogP contribution is -2.38. The number of aryl methyl sites for hydroxylation is 1. The van der Waals surface area contributed by atoms with E-state index >= 15 is 0 Å². The van der Waals surface area contributed by atoms with E-state index < -0.39 is 12.3 Å². The van der Waals surface area contributed by atoms with Crippen LogP contribution in [-0.4, -0.2) is 30.9 Å². The van der Waals surface area contributed by atoms with Crippen molar-refractivity contribution in [2.75, 3.05) is 6.61 Å². The minimum atomic E-state index is -4.73. The van der Waals surface area contributed by atoms with Crippen molar-refractivity contribution in [3.8, 4) is 5.75 Å². The molecule has 0 saturated heterocycles. The Hall–Kier alpha value is -2.25. The summed E-state index contributed by atoms with van der Waals surface area (Å²) >= 11 is 0. The van der Waals surface area contributed by atoms with Crippen LogP contribution in [0.15, 0.2) is 24.3 Å². The molecule has 1 N–H and O–H groups in total. The van der Waals surface area contributed by atoms with Crippen LogP contribution >= 0.6 is 0 Å². The van der Waals surface area contributed by atoms with Crippen LogP contribution in [0.4, 0.5) is 13.2 Å². The van der Waals surface area contributed by atoms with Gasteiger partial charge in [0.1, 0.15) is 5.75 Å². The number of carbonyl (C=O) groups is 2. The molecule has 144 valence electrons. The predicted octanol–water partition coefficient (Wildman–Crippen LogP) is 3.51. The van der Waals surface area contributed by atoms with E-state index in [2.05, 4.69) is 10.1 Å². The summed E-state index contributed by atoms with van der Waals surface area (Å²) in [4.78, 5) is 23.4. The molecule has 1 aliphatic carbocycles. The number of halogens is 3. The van der Waals surface area contributed by atoms with E-state index in [0.29, 0.717) is 12.0 Å². The first-order chi connectivity index (χ1) is 12.3. The summed E-state index contributed by atoms with van der Waals surface area (Å²) < 4.78 is 44.9. The number of hydrogen-bond donors (Lipinski definition) is 1. The van der Waals surface area contributed by atoms with Crippen molar-refractivity contribution in [3.63, 3.8) is 0 Å². The molecule has 1 fully saturated rings. The molecule has 0 bridgehead atoms. The minimum Gasteiger partial charge on any atom is -0.456 e. The molecule has 0 radical (unpaired) electrons. The Morgan fingerprint density at radius 1 is 1.08 bits per heavy atom. The van der Waals surface area contributed by atoms with Gasteiger partial charge in [0.2, 0.25) is 0 Å². The highest BCUT2D eigenvalue weighted by atomic mass is 19.4. The van der Waals surface area contributed by atoms with Crippen LogP contribution < -0.4 is 10.1 Å². The Labute approximate surface area is 149 Å². The van der Waals surface area contributed by atoms with Crippen LogP contribution in [0.25, 0.3) is 0 Å². The molecule has 0 atom stereocenters. The third-order valence-corrected chi connectivity index (χ3v) is 4.11.